The van der Waals surface area contributed by atoms with Crippen molar-refractivity contribution < 1.29 is 14.3 Å². The molecular weight excluding hydrogens is 372 g/mol. The molecule has 3 aromatic rings. The molecular formula is C22H20N2O3S. The summed E-state index contributed by atoms with van der Waals surface area (Å²) in [5.41, 5.74) is 2.61. The van der Waals surface area contributed by atoms with E-state index in [0.29, 0.717) is 22.3 Å². The maximum Gasteiger partial charge on any atom is 0.250 e. The third kappa shape index (κ3) is 5.37. The van der Waals surface area contributed by atoms with Gasteiger partial charge in [-0.15, -0.1) is 0 Å². The molecule has 0 atom stereocenters. The summed E-state index contributed by atoms with van der Waals surface area (Å²) in [4.78, 5) is 28.3. The van der Waals surface area contributed by atoms with Crippen LogP contribution < -0.4 is 10.1 Å². The van der Waals surface area contributed by atoms with Crippen LogP contribution >= 0.6 is 11.3 Å². The van der Waals surface area contributed by atoms with Crippen molar-refractivity contribution in [1.82, 2.24) is 4.98 Å². The summed E-state index contributed by atoms with van der Waals surface area (Å²) in [5.74, 6) is 0.411. The molecule has 2 aromatic carbocycles. The molecule has 0 spiro atoms. The van der Waals surface area contributed by atoms with Crippen molar-refractivity contribution in [1.29, 1.82) is 0 Å². The van der Waals surface area contributed by atoms with Gasteiger partial charge in [0.1, 0.15) is 12.4 Å². The summed E-state index contributed by atoms with van der Waals surface area (Å²) in [7, 11) is 0. The van der Waals surface area contributed by atoms with Gasteiger partial charge in [-0.2, -0.15) is 0 Å². The molecule has 142 valence electrons. The van der Waals surface area contributed by atoms with Crippen LogP contribution in [0.15, 0.2) is 60.7 Å². The highest BCUT2D eigenvalue weighted by molar-refractivity contribution is 7.17. The van der Waals surface area contributed by atoms with Gasteiger partial charge in [0.25, 0.3) is 0 Å². The zero-order valence-electron chi connectivity index (χ0n) is 15.6. The van der Waals surface area contributed by atoms with Crippen LogP contribution in [0.25, 0.3) is 6.08 Å². The predicted molar refractivity (Wildman–Crippen MR) is 112 cm³/mol. The molecule has 5 nitrogen and oxygen atoms in total. The number of aryl methyl sites for hydroxylation is 1. The number of anilines is 1. The van der Waals surface area contributed by atoms with Crippen molar-refractivity contribution in [3.05, 3.63) is 82.4 Å². The number of amides is 1. The first-order valence-electron chi connectivity index (χ1n) is 8.75. The highest BCUT2D eigenvalue weighted by Crippen LogP contribution is 2.23. The van der Waals surface area contributed by atoms with E-state index in [9.17, 15) is 9.59 Å². The van der Waals surface area contributed by atoms with E-state index in [0.717, 1.165) is 16.9 Å². The summed E-state index contributed by atoms with van der Waals surface area (Å²) in [5, 5.41) is 3.10. The van der Waals surface area contributed by atoms with Crippen molar-refractivity contribution in [2.75, 3.05) is 5.32 Å². The Morgan fingerprint density at radius 3 is 2.46 bits per heavy atom. The molecule has 6 heteroatoms. The van der Waals surface area contributed by atoms with Crippen LogP contribution in [0.2, 0.25) is 0 Å². The molecule has 0 saturated heterocycles. The molecule has 3 rings (SSSR count). The summed E-state index contributed by atoms with van der Waals surface area (Å²) < 4.78 is 5.75. The maximum atomic E-state index is 12.1. The van der Waals surface area contributed by atoms with Crippen molar-refractivity contribution in [3.63, 3.8) is 0 Å². The van der Waals surface area contributed by atoms with Gasteiger partial charge in [-0.25, -0.2) is 4.98 Å². The zero-order valence-corrected chi connectivity index (χ0v) is 16.5. The first-order chi connectivity index (χ1) is 13.5. The van der Waals surface area contributed by atoms with Gasteiger partial charge < -0.3 is 4.74 Å². The van der Waals surface area contributed by atoms with Crippen LogP contribution in [0.1, 0.15) is 33.4 Å². The summed E-state index contributed by atoms with van der Waals surface area (Å²) in [6.45, 7) is 3.74. The third-order valence-corrected chi connectivity index (χ3v) is 5.08. The van der Waals surface area contributed by atoms with E-state index in [4.69, 9.17) is 4.74 Å². The predicted octanol–water partition coefficient (Wildman–Crippen LogP) is 4.89. The lowest BCUT2D eigenvalue weighted by Crippen LogP contribution is -2.07. The molecule has 1 aromatic heterocycles. The van der Waals surface area contributed by atoms with Gasteiger partial charge in [-0.3, -0.25) is 14.9 Å². The quantitative estimate of drug-likeness (QED) is 0.459. The van der Waals surface area contributed by atoms with Crippen LogP contribution in [-0.2, 0) is 11.4 Å². The Hall–Kier alpha value is -3.25. The van der Waals surface area contributed by atoms with Gasteiger partial charge in [0.2, 0.25) is 5.91 Å². The number of rotatable bonds is 7. The summed E-state index contributed by atoms with van der Waals surface area (Å²) in [6.07, 6.45) is 3.15. The number of carbonyl (C=O) groups is 2. The molecule has 1 heterocycles. The Morgan fingerprint density at radius 1 is 1.11 bits per heavy atom. The minimum atomic E-state index is -0.298. The van der Waals surface area contributed by atoms with E-state index in [1.54, 1.807) is 13.0 Å². The zero-order chi connectivity index (χ0) is 19.9. The molecule has 0 saturated carbocycles. The second kappa shape index (κ2) is 9.10. The molecule has 0 bridgehead atoms. The second-order valence-corrected chi connectivity index (χ2v) is 7.15. The van der Waals surface area contributed by atoms with E-state index in [1.165, 1.54) is 24.3 Å². The monoisotopic (exact) mass is 392 g/mol. The van der Waals surface area contributed by atoms with E-state index < -0.39 is 0 Å². The Balaban J connectivity index is 1.54. The Bertz CT molecular complexity index is 992. The van der Waals surface area contributed by atoms with Crippen molar-refractivity contribution in [3.8, 4) is 5.75 Å². The summed E-state index contributed by atoms with van der Waals surface area (Å²) >= 11 is 1.18. The molecule has 1 N–H and O–H groups in total. The van der Waals surface area contributed by atoms with Gasteiger partial charge in [0, 0.05) is 13.0 Å². The Morgan fingerprint density at radius 2 is 1.82 bits per heavy atom. The van der Waals surface area contributed by atoms with Crippen molar-refractivity contribution in [2.45, 2.75) is 20.5 Å². The molecule has 0 aliphatic carbocycles. The number of hydrogen-bond acceptors (Lipinski definition) is 5. The smallest absolute Gasteiger partial charge is 0.250 e. The van der Waals surface area contributed by atoms with Gasteiger partial charge in [0.05, 0.1) is 10.6 Å². The molecule has 0 fully saturated rings. The number of hydrogen-bond donors (Lipinski definition) is 1. The molecule has 1 amide bonds. The fourth-order valence-electron chi connectivity index (χ4n) is 2.51. The number of nitrogens with one attached hydrogen (secondary N) is 1. The maximum absolute atomic E-state index is 12.1. The van der Waals surface area contributed by atoms with Crippen LogP contribution in [0, 0.1) is 6.92 Å². The largest absolute Gasteiger partial charge is 0.489 e. The van der Waals surface area contributed by atoms with E-state index in [-0.39, 0.29) is 11.7 Å². The van der Waals surface area contributed by atoms with E-state index >= 15 is 0 Å². The Labute approximate surface area is 167 Å². The van der Waals surface area contributed by atoms with Crippen molar-refractivity contribution >= 4 is 34.2 Å². The van der Waals surface area contributed by atoms with Gasteiger partial charge in [-0.1, -0.05) is 53.8 Å². The van der Waals surface area contributed by atoms with Gasteiger partial charge in [0.15, 0.2) is 10.9 Å². The molecule has 0 unspecified atom stereocenters. The van der Waals surface area contributed by atoms with E-state index in [1.807, 2.05) is 54.6 Å². The standard InChI is InChI=1S/C22H20N2O3S/c1-15-21(16(2)25)28-22(23-15)24-20(26)13-10-17-8-11-19(12-9-17)27-14-18-6-4-3-5-7-18/h3-13H,14H2,1-2H3,(H,23,24,26). The first kappa shape index (κ1) is 19.5. The normalized spacial score (nSPS) is 10.8. The van der Waals surface area contributed by atoms with Gasteiger partial charge >= 0.3 is 0 Å². The highest BCUT2D eigenvalue weighted by atomic mass is 32.1. The number of carbonyl (C=O) groups excluding carboxylic acids is 2. The molecule has 0 aliphatic rings. The fourth-order valence-corrected chi connectivity index (χ4v) is 3.38. The first-order valence-corrected chi connectivity index (χ1v) is 9.57. The lowest BCUT2D eigenvalue weighted by Gasteiger charge is -2.06. The minimum Gasteiger partial charge on any atom is -0.489 e. The van der Waals surface area contributed by atoms with Crippen LogP contribution in [0.4, 0.5) is 5.13 Å². The molecule has 0 radical (unpaired) electrons. The molecule has 0 aliphatic heterocycles. The van der Waals surface area contributed by atoms with Gasteiger partial charge in [-0.05, 0) is 36.3 Å². The number of nitrogens with zero attached hydrogens (tertiary/aromatic N) is 1. The summed E-state index contributed by atoms with van der Waals surface area (Å²) in [6, 6.07) is 17.4. The minimum absolute atomic E-state index is 0.0550. The second-order valence-electron chi connectivity index (χ2n) is 6.16. The van der Waals surface area contributed by atoms with Crippen LogP contribution in [0.5, 0.6) is 5.75 Å². The number of ketones is 1. The fraction of sp³-hybridized carbons (Fsp3) is 0.136. The third-order valence-electron chi connectivity index (χ3n) is 3.90. The SMILES string of the molecule is CC(=O)c1sc(NC(=O)C=Cc2ccc(OCc3ccccc3)cc2)nc1C. The topological polar surface area (TPSA) is 68.3 Å². The van der Waals surface area contributed by atoms with E-state index in [2.05, 4.69) is 10.3 Å². The number of thiazole rings is 1. The average molecular weight is 392 g/mol. The van der Waals surface area contributed by atoms with Crippen LogP contribution in [0.3, 0.4) is 0 Å². The number of aromatic nitrogens is 1. The average Bonchev–Trinajstić information content (AvgIpc) is 3.06. The number of ether oxygens (including phenoxy) is 1. The number of Topliss-reactive ketones (excluding diaryl/α,β-unsaturated/α-hetero) is 1. The van der Waals surface area contributed by atoms with Crippen molar-refractivity contribution in [2.24, 2.45) is 0 Å². The lowest BCUT2D eigenvalue weighted by molar-refractivity contribution is -0.111. The lowest BCUT2D eigenvalue weighted by atomic mass is 10.2. The van der Waals surface area contributed by atoms with Crippen LogP contribution in [-0.4, -0.2) is 16.7 Å². The Kier molecular flexibility index (Phi) is 6.34. The molecule has 28 heavy (non-hydrogen) atoms. The number of benzene rings is 2. The highest BCUT2D eigenvalue weighted by Gasteiger charge is 2.12.